The molecular weight excluding hydrogens is 282 g/mol. The fourth-order valence-electron chi connectivity index (χ4n) is 3.93. The van der Waals surface area contributed by atoms with Crippen LogP contribution in [0.25, 0.3) is 0 Å². The van der Waals surface area contributed by atoms with Crippen molar-refractivity contribution < 1.29 is 14.3 Å². The molecule has 1 spiro atoms. The molecular formula is C16H29N3O3. The van der Waals surface area contributed by atoms with E-state index in [2.05, 4.69) is 10.6 Å². The lowest BCUT2D eigenvalue weighted by atomic mass is 9.60. The molecule has 0 saturated heterocycles. The third-order valence-electron chi connectivity index (χ3n) is 5.15. The van der Waals surface area contributed by atoms with E-state index < -0.39 is 6.04 Å². The maximum Gasteiger partial charge on any atom is 0.315 e. The van der Waals surface area contributed by atoms with Gasteiger partial charge in [0.25, 0.3) is 0 Å². The second-order valence-corrected chi connectivity index (χ2v) is 6.74. The van der Waals surface area contributed by atoms with E-state index in [4.69, 9.17) is 4.74 Å². The van der Waals surface area contributed by atoms with Crippen LogP contribution in [0.1, 0.15) is 46.0 Å². The molecule has 2 fully saturated rings. The number of carbonyl (C=O) groups excluding carboxylic acids is 2. The number of nitrogens with one attached hydrogen (secondary N) is 2. The molecule has 2 unspecified atom stereocenters. The van der Waals surface area contributed by atoms with Gasteiger partial charge in [-0.2, -0.15) is 0 Å². The highest BCUT2D eigenvalue weighted by atomic mass is 16.5. The first-order valence-electron chi connectivity index (χ1n) is 8.30. The minimum atomic E-state index is -0.516. The van der Waals surface area contributed by atoms with Crippen LogP contribution < -0.4 is 10.6 Å². The van der Waals surface area contributed by atoms with Gasteiger partial charge in [-0.15, -0.1) is 0 Å². The lowest BCUT2D eigenvalue weighted by Gasteiger charge is -2.54. The molecule has 2 aliphatic rings. The van der Waals surface area contributed by atoms with E-state index in [0.717, 1.165) is 25.9 Å². The number of ether oxygens (including phenoxy) is 1. The van der Waals surface area contributed by atoms with Crippen LogP contribution in [-0.2, 0) is 9.53 Å². The topological polar surface area (TPSA) is 70.7 Å². The summed E-state index contributed by atoms with van der Waals surface area (Å²) in [6, 6.07) is -0.612. The van der Waals surface area contributed by atoms with Crippen molar-refractivity contribution in [3.8, 4) is 0 Å². The van der Waals surface area contributed by atoms with Gasteiger partial charge in [0, 0.05) is 32.2 Å². The normalized spacial score (nSPS) is 27.1. The van der Waals surface area contributed by atoms with Crippen molar-refractivity contribution in [2.45, 2.75) is 64.1 Å². The first-order valence-corrected chi connectivity index (χ1v) is 8.30. The van der Waals surface area contributed by atoms with Gasteiger partial charge in [-0.25, -0.2) is 4.79 Å². The first-order chi connectivity index (χ1) is 10.4. The Morgan fingerprint density at radius 1 is 1.32 bits per heavy atom. The van der Waals surface area contributed by atoms with Crippen LogP contribution in [0.15, 0.2) is 0 Å². The molecule has 22 heavy (non-hydrogen) atoms. The Balaban J connectivity index is 1.88. The molecule has 6 nitrogen and oxygen atoms in total. The van der Waals surface area contributed by atoms with Crippen LogP contribution in [0.5, 0.6) is 0 Å². The van der Waals surface area contributed by atoms with Gasteiger partial charge in [-0.3, -0.25) is 4.79 Å². The molecule has 0 radical (unpaired) electrons. The van der Waals surface area contributed by atoms with E-state index >= 15 is 0 Å². The number of hydrogen-bond donors (Lipinski definition) is 2. The summed E-state index contributed by atoms with van der Waals surface area (Å²) in [6.45, 7) is 4.45. The second kappa shape index (κ2) is 6.86. The fourth-order valence-corrected chi connectivity index (χ4v) is 3.93. The van der Waals surface area contributed by atoms with Gasteiger partial charge in [0.1, 0.15) is 6.04 Å². The lowest BCUT2D eigenvalue weighted by Crippen LogP contribution is -2.65. The minimum absolute atomic E-state index is 0.105. The second-order valence-electron chi connectivity index (χ2n) is 6.74. The maximum atomic E-state index is 12.2. The van der Waals surface area contributed by atoms with Crippen molar-refractivity contribution in [2.24, 2.45) is 5.41 Å². The number of rotatable bonds is 5. The number of urea groups is 1. The molecule has 2 saturated carbocycles. The largest absolute Gasteiger partial charge is 0.378 e. The number of likely N-dealkylation sites (N-methyl/N-ethyl adjacent to an activating group) is 1. The highest BCUT2D eigenvalue weighted by Gasteiger charge is 2.57. The van der Waals surface area contributed by atoms with E-state index in [1.165, 1.54) is 17.7 Å². The van der Waals surface area contributed by atoms with Crippen molar-refractivity contribution in [1.29, 1.82) is 0 Å². The van der Waals surface area contributed by atoms with E-state index in [9.17, 15) is 9.59 Å². The highest BCUT2D eigenvalue weighted by molar-refractivity contribution is 5.86. The average Bonchev–Trinajstić information content (AvgIpc) is 2.97. The standard InChI is InChI=1S/C16H29N3O3/c1-5-22-13-10-12(16(13)8-6-7-9-16)18-15(21)17-11(2)14(20)19(3)4/h11-13H,5-10H2,1-4H3,(H2,17,18,21)/t11-,12?,13?/m0/s1. The number of amides is 3. The third kappa shape index (κ3) is 3.21. The van der Waals surface area contributed by atoms with Crippen LogP contribution in [-0.4, -0.2) is 55.7 Å². The van der Waals surface area contributed by atoms with Gasteiger partial charge in [0.2, 0.25) is 5.91 Å². The third-order valence-corrected chi connectivity index (χ3v) is 5.15. The van der Waals surface area contributed by atoms with Crippen molar-refractivity contribution in [1.82, 2.24) is 15.5 Å². The fraction of sp³-hybridized carbons (Fsp3) is 0.875. The predicted octanol–water partition coefficient (Wildman–Crippen LogP) is 1.50. The minimum Gasteiger partial charge on any atom is -0.378 e. The SMILES string of the molecule is CCOC1CC(NC(=O)N[C@@H](C)C(=O)N(C)C)C12CCCC2. The summed E-state index contributed by atoms with van der Waals surface area (Å²) < 4.78 is 5.85. The van der Waals surface area contributed by atoms with Gasteiger partial charge in [-0.05, 0) is 33.1 Å². The molecule has 0 heterocycles. The summed E-state index contributed by atoms with van der Waals surface area (Å²) in [4.78, 5) is 25.4. The van der Waals surface area contributed by atoms with Crippen molar-refractivity contribution in [3.63, 3.8) is 0 Å². The molecule has 3 amide bonds. The smallest absolute Gasteiger partial charge is 0.315 e. The summed E-state index contributed by atoms with van der Waals surface area (Å²) in [7, 11) is 3.37. The number of hydrogen-bond acceptors (Lipinski definition) is 3. The number of carbonyl (C=O) groups is 2. The molecule has 126 valence electrons. The van der Waals surface area contributed by atoms with E-state index in [1.807, 2.05) is 6.92 Å². The number of nitrogens with zero attached hydrogens (tertiary/aromatic N) is 1. The van der Waals surface area contributed by atoms with Crippen molar-refractivity contribution in [3.05, 3.63) is 0 Å². The Morgan fingerprint density at radius 2 is 1.95 bits per heavy atom. The van der Waals surface area contributed by atoms with Gasteiger partial charge in [0.15, 0.2) is 0 Å². The van der Waals surface area contributed by atoms with E-state index in [1.54, 1.807) is 21.0 Å². The van der Waals surface area contributed by atoms with Gasteiger partial charge >= 0.3 is 6.03 Å². The summed E-state index contributed by atoms with van der Waals surface area (Å²) in [5.41, 5.74) is 0.113. The van der Waals surface area contributed by atoms with Crippen LogP contribution in [0.3, 0.4) is 0 Å². The first kappa shape index (κ1) is 17.1. The summed E-state index contributed by atoms with van der Waals surface area (Å²) in [5.74, 6) is -0.105. The summed E-state index contributed by atoms with van der Waals surface area (Å²) in [6.07, 6.45) is 5.80. The monoisotopic (exact) mass is 311 g/mol. The molecule has 0 aliphatic heterocycles. The van der Waals surface area contributed by atoms with E-state index in [0.29, 0.717) is 0 Å². The molecule has 2 rings (SSSR count). The Morgan fingerprint density at radius 3 is 2.50 bits per heavy atom. The molecule has 0 aromatic rings. The predicted molar refractivity (Wildman–Crippen MR) is 84.5 cm³/mol. The van der Waals surface area contributed by atoms with Gasteiger partial charge < -0.3 is 20.3 Å². The zero-order chi connectivity index (χ0) is 16.3. The van der Waals surface area contributed by atoms with E-state index in [-0.39, 0.29) is 29.5 Å². The lowest BCUT2D eigenvalue weighted by molar-refractivity contribution is -0.130. The molecule has 3 atom stereocenters. The highest BCUT2D eigenvalue weighted by Crippen LogP contribution is 2.54. The van der Waals surface area contributed by atoms with Crippen LogP contribution in [0.2, 0.25) is 0 Å². The van der Waals surface area contributed by atoms with Crippen LogP contribution >= 0.6 is 0 Å². The zero-order valence-electron chi connectivity index (χ0n) is 14.1. The molecule has 2 N–H and O–H groups in total. The van der Waals surface area contributed by atoms with Gasteiger partial charge in [-0.1, -0.05) is 12.8 Å². The molecule has 6 heteroatoms. The molecule has 0 bridgehead atoms. The Hall–Kier alpha value is -1.30. The summed E-state index contributed by atoms with van der Waals surface area (Å²) in [5, 5.41) is 5.79. The molecule has 2 aliphatic carbocycles. The molecule has 0 aromatic carbocycles. The average molecular weight is 311 g/mol. The van der Waals surface area contributed by atoms with Crippen LogP contribution in [0, 0.1) is 5.41 Å². The molecule has 0 aromatic heterocycles. The quantitative estimate of drug-likeness (QED) is 0.808. The Labute approximate surface area is 132 Å². The summed E-state index contributed by atoms with van der Waals surface area (Å²) >= 11 is 0. The van der Waals surface area contributed by atoms with Crippen molar-refractivity contribution in [2.75, 3.05) is 20.7 Å². The Bertz CT molecular complexity index is 419. The van der Waals surface area contributed by atoms with Gasteiger partial charge in [0.05, 0.1) is 6.10 Å². The van der Waals surface area contributed by atoms with Crippen molar-refractivity contribution >= 4 is 11.9 Å². The van der Waals surface area contributed by atoms with Crippen LogP contribution in [0.4, 0.5) is 4.79 Å². The zero-order valence-corrected chi connectivity index (χ0v) is 14.1. The maximum absolute atomic E-state index is 12.2. The Kier molecular flexibility index (Phi) is 5.32.